The van der Waals surface area contributed by atoms with Crippen LogP contribution in [0.25, 0.3) is 11.1 Å². The number of benzene rings is 2. The first-order chi connectivity index (χ1) is 17.9. The van der Waals surface area contributed by atoms with E-state index in [1.165, 1.54) is 16.7 Å². The first-order valence-corrected chi connectivity index (χ1v) is 13.4. The predicted octanol–water partition coefficient (Wildman–Crippen LogP) is 3.70. The highest BCUT2D eigenvalue weighted by Gasteiger charge is 2.25. The molecule has 0 fully saturated rings. The van der Waals surface area contributed by atoms with Crippen LogP contribution < -0.4 is 9.46 Å². The average Bonchev–Trinajstić information content (AvgIpc) is 3.60. The van der Waals surface area contributed by atoms with Gasteiger partial charge >= 0.3 is 5.97 Å². The molecule has 2 unspecified atom stereocenters. The van der Waals surface area contributed by atoms with Gasteiger partial charge in [0.25, 0.3) is 0 Å². The van der Waals surface area contributed by atoms with Crippen LogP contribution in [-0.4, -0.2) is 49.2 Å². The first kappa shape index (κ1) is 26.3. The summed E-state index contributed by atoms with van der Waals surface area (Å²) in [5, 5.41) is 13.6. The van der Waals surface area contributed by atoms with Crippen LogP contribution >= 0.6 is 11.9 Å². The van der Waals surface area contributed by atoms with Crippen molar-refractivity contribution in [3.05, 3.63) is 72.7 Å². The maximum atomic E-state index is 12.8. The van der Waals surface area contributed by atoms with Crippen molar-refractivity contribution in [3.8, 4) is 28.7 Å². The lowest BCUT2D eigenvalue weighted by Crippen LogP contribution is -2.40. The number of ether oxygens (including phenoxy) is 1. The van der Waals surface area contributed by atoms with Crippen LogP contribution in [0.15, 0.2) is 81.3 Å². The third-order valence-electron chi connectivity index (χ3n) is 5.19. The van der Waals surface area contributed by atoms with Crippen LogP contribution in [-0.2, 0) is 19.7 Å². The van der Waals surface area contributed by atoms with E-state index in [-0.39, 0.29) is 17.1 Å². The molecule has 37 heavy (non-hydrogen) atoms. The lowest BCUT2D eigenvalue weighted by Gasteiger charge is -2.13. The van der Waals surface area contributed by atoms with E-state index < -0.39 is 28.1 Å². The number of carboxylic acid groups (broad SMARTS) is 1. The maximum Gasteiger partial charge on any atom is 0.322 e. The average molecular weight is 542 g/mol. The van der Waals surface area contributed by atoms with Gasteiger partial charge in [0.2, 0.25) is 10.0 Å². The summed E-state index contributed by atoms with van der Waals surface area (Å²) in [4.78, 5) is 17.2. The Morgan fingerprint density at radius 1 is 1.16 bits per heavy atom. The second-order valence-corrected chi connectivity index (χ2v) is 10.2. The van der Waals surface area contributed by atoms with Gasteiger partial charge in [0, 0.05) is 18.4 Å². The number of nitrogens with one attached hydrogen (secondary N) is 1. The van der Waals surface area contributed by atoms with Crippen LogP contribution in [0.4, 0.5) is 0 Å². The van der Waals surface area contributed by atoms with Crippen molar-refractivity contribution in [3.63, 3.8) is 0 Å². The van der Waals surface area contributed by atoms with Gasteiger partial charge < -0.3 is 14.3 Å². The van der Waals surface area contributed by atoms with Crippen LogP contribution in [0, 0.1) is 11.8 Å². The number of hydrogen-bond donors (Lipinski definition) is 2. The van der Waals surface area contributed by atoms with Crippen molar-refractivity contribution in [1.82, 2.24) is 9.30 Å². The zero-order valence-corrected chi connectivity index (χ0v) is 21.2. The Morgan fingerprint density at radius 2 is 1.86 bits per heavy atom. The van der Waals surface area contributed by atoms with Crippen LogP contribution in [0.3, 0.4) is 0 Å². The molecule has 10 nitrogen and oxygen atoms in total. The fourth-order valence-corrected chi connectivity index (χ4v) is 5.01. The van der Waals surface area contributed by atoms with Gasteiger partial charge in [-0.1, -0.05) is 30.2 Å². The number of rotatable bonds is 10. The molecule has 0 aliphatic carbocycles. The Bertz CT molecular complexity index is 1400. The summed E-state index contributed by atoms with van der Waals surface area (Å²) in [6, 6.07) is 15.6. The Morgan fingerprint density at radius 3 is 2.49 bits per heavy atom. The van der Waals surface area contributed by atoms with Crippen molar-refractivity contribution < 1.29 is 32.3 Å². The van der Waals surface area contributed by atoms with Gasteiger partial charge in [-0.15, -0.1) is 15.6 Å². The molecule has 0 radical (unpaired) electrons. The normalized spacial score (nSPS) is 15.7. The summed E-state index contributed by atoms with van der Waals surface area (Å²) in [6.45, 7) is 0. The highest BCUT2D eigenvalue weighted by molar-refractivity contribution is 7.97. The molecule has 0 saturated heterocycles. The highest BCUT2D eigenvalue weighted by Crippen LogP contribution is 2.27. The molecule has 0 amide bonds. The van der Waals surface area contributed by atoms with E-state index in [4.69, 9.17) is 14.0 Å². The van der Waals surface area contributed by atoms with Gasteiger partial charge in [-0.25, -0.2) is 13.3 Å². The van der Waals surface area contributed by atoms with E-state index in [1.54, 1.807) is 43.9 Å². The third kappa shape index (κ3) is 6.93. The number of furan rings is 1. The number of nitrogens with zero attached hydrogens (tertiary/aromatic N) is 2. The maximum absolute atomic E-state index is 12.8. The van der Waals surface area contributed by atoms with Gasteiger partial charge in [-0.3, -0.25) is 4.79 Å². The number of aliphatic carboxylic acids is 1. The molecule has 192 valence electrons. The molecule has 1 aromatic heterocycles. The lowest BCUT2D eigenvalue weighted by atomic mass is 10.1. The van der Waals surface area contributed by atoms with E-state index in [2.05, 4.69) is 21.7 Å². The standard InChI is InChI=1S/C25H23N3O7S2/c1-33-20-11-7-18(8-12-20)19-9-13-21(14-10-19)37(31,32)27-22(25(29)30)5-2-3-16-36-28-26-17-24(35-28)23-6-4-15-34-23/h4,6-15,17,22,24,27H,5,16H2,1H3,(H,29,30). The molecule has 2 aromatic carbocycles. The number of hydrazone groups is 1. The van der Waals surface area contributed by atoms with Gasteiger partial charge in [-0.05, 0) is 47.5 Å². The fraction of sp³-hybridized carbons (Fsp3) is 0.200. The molecule has 2 heterocycles. The van der Waals surface area contributed by atoms with E-state index >= 15 is 0 Å². The van der Waals surface area contributed by atoms with Crippen molar-refractivity contribution in [2.45, 2.75) is 23.5 Å². The summed E-state index contributed by atoms with van der Waals surface area (Å²) in [5.74, 6) is 5.76. The van der Waals surface area contributed by atoms with Crippen molar-refractivity contribution in [2.24, 2.45) is 5.10 Å². The molecule has 0 saturated carbocycles. The van der Waals surface area contributed by atoms with Gasteiger partial charge in [0.15, 0.2) is 6.10 Å². The molecule has 1 aliphatic heterocycles. The number of sulfonamides is 1. The molecule has 2 atom stereocenters. The van der Waals surface area contributed by atoms with E-state index in [1.807, 2.05) is 24.3 Å². The zero-order valence-electron chi connectivity index (χ0n) is 19.6. The summed E-state index contributed by atoms with van der Waals surface area (Å²) in [5.41, 5.74) is 1.69. The Kier molecular flexibility index (Phi) is 8.52. The molecular formula is C25H23N3O7S2. The zero-order chi connectivity index (χ0) is 26.3. The Labute approximate surface area is 218 Å². The molecule has 3 aromatic rings. The number of carboxylic acids is 1. The quantitative estimate of drug-likeness (QED) is 0.291. The van der Waals surface area contributed by atoms with Crippen molar-refractivity contribution in [1.29, 1.82) is 0 Å². The van der Waals surface area contributed by atoms with Crippen molar-refractivity contribution >= 4 is 34.2 Å². The van der Waals surface area contributed by atoms with Gasteiger partial charge in [-0.2, -0.15) is 4.72 Å². The van der Waals surface area contributed by atoms with E-state index in [0.717, 1.165) is 23.1 Å². The molecular weight excluding hydrogens is 518 g/mol. The summed E-state index contributed by atoms with van der Waals surface area (Å²) in [6.07, 6.45) is 2.49. The summed E-state index contributed by atoms with van der Waals surface area (Å²) in [7, 11) is -2.50. The number of methoxy groups -OCH3 is 1. The van der Waals surface area contributed by atoms with Gasteiger partial charge in [0.1, 0.15) is 17.6 Å². The van der Waals surface area contributed by atoms with Crippen LogP contribution in [0.5, 0.6) is 5.75 Å². The van der Waals surface area contributed by atoms with Gasteiger partial charge in [0.05, 0.1) is 30.2 Å². The number of hydrogen-bond acceptors (Lipinski definition) is 9. The molecule has 0 bridgehead atoms. The lowest BCUT2D eigenvalue weighted by molar-refractivity contribution is -0.138. The largest absolute Gasteiger partial charge is 0.497 e. The second-order valence-electron chi connectivity index (χ2n) is 7.64. The fourth-order valence-electron chi connectivity index (χ4n) is 3.27. The molecule has 1 aliphatic rings. The third-order valence-corrected chi connectivity index (χ3v) is 7.35. The Balaban J connectivity index is 1.30. The molecule has 12 heteroatoms. The van der Waals surface area contributed by atoms with E-state index in [0.29, 0.717) is 11.5 Å². The summed E-state index contributed by atoms with van der Waals surface area (Å²) >= 11 is 1.16. The highest BCUT2D eigenvalue weighted by atomic mass is 32.2. The minimum Gasteiger partial charge on any atom is -0.497 e. The first-order valence-electron chi connectivity index (χ1n) is 11.0. The predicted molar refractivity (Wildman–Crippen MR) is 138 cm³/mol. The smallest absolute Gasteiger partial charge is 0.322 e. The molecule has 0 spiro atoms. The summed E-state index contributed by atoms with van der Waals surface area (Å²) < 4.78 is 39.5. The molecule has 2 N–H and O–H groups in total. The Hall–Kier alpha value is -3.76. The van der Waals surface area contributed by atoms with Crippen molar-refractivity contribution in [2.75, 3.05) is 12.9 Å². The topological polar surface area (TPSA) is 131 Å². The SMILES string of the molecule is COc1ccc(-c2ccc(S(=O)(=O)NC(CC#CCSN3N=CC(c4ccco4)O3)C(=O)O)cc2)cc1. The monoisotopic (exact) mass is 541 g/mol. The van der Waals surface area contributed by atoms with Crippen LogP contribution in [0.2, 0.25) is 0 Å². The second kappa shape index (κ2) is 12.0. The minimum absolute atomic E-state index is 0.0466. The number of carbonyl (C=O) groups is 1. The molecule has 4 rings (SSSR count). The minimum atomic E-state index is -4.08. The van der Waals surface area contributed by atoms with E-state index in [9.17, 15) is 18.3 Å². The van der Waals surface area contributed by atoms with Crippen LogP contribution in [0.1, 0.15) is 18.3 Å².